The Morgan fingerprint density at radius 1 is 1.37 bits per heavy atom. The quantitative estimate of drug-likeness (QED) is 0.876. The first-order chi connectivity index (χ1) is 9.04. The standard InChI is InChI=1S/C16H20N2O/c1-16(2)10-6-5-8-13(16)15(19)18-14-9-4-3-7-12(14)11-17/h3-4,7,9,13H,5-6,8,10H2,1-2H3,(H,18,19). The van der Waals surface area contributed by atoms with Crippen molar-refractivity contribution in [3.63, 3.8) is 0 Å². The van der Waals surface area contributed by atoms with Gasteiger partial charge in [0, 0.05) is 5.92 Å². The molecular formula is C16H20N2O. The maximum atomic E-state index is 12.4. The average molecular weight is 256 g/mol. The van der Waals surface area contributed by atoms with Crippen LogP contribution in [0, 0.1) is 22.7 Å². The third kappa shape index (κ3) is 2.96. The molecule has 2 rings (SSSR count). The van der Waals surface area contributed by atoms with E-state index in [0.717, 1.165) is 19.3 Å². The fourth-order valence-electron chi connectivity index (χ4n) is 2.89. The van der Waals surface area contributed by atoms with Crippen molar-refractivity contribution in [3.05, 3.63) is 29.8 Å². The molecule has 1 fully saturated rings. The number of hydrogen-bond donors (Lipinski definition) is 1. The molecule has 1 aliphatic carbocycles. The molecule has 1 saturated carbocycles. The minimum atomic E-state index is 0.0352. The molecule has 0 aromatic heterocycles. The first-order valence-corrected chi connectivity index (χ1v) is 6.84. The summed E-state index contributed by atoms with van der Waals surface area (Å²) in [4.78, 5) is 12.4. The lowest BCUT2D eigenvalue weighted by Crippen LogP contribution is -2.37. The Morgan fingerprint density at radius 2 is 2.11 bits per heavy atom. The lowest BCUT2D eigenvalue weighted by molar-refractivity contribution is -0.124. The van der Waals surface area contributed by atoms with Gasteiger partial charge in [-0.15, -0.1) is 0 Å². The van der Waals surface area contributed by atoms with Gasteiger partial charge in [0.05, 0.1) is 11.3 Å². The van der Waals surface area contributed by atoms with Crippen LogP contribution < -0.4 is 5.32 Å². The predicted molar refractivity (Wildman–Crippen MR) is 75.5 cm³/mol. The number of nitrogens with one attached hydrogen (secondary N) is 1. The fraction of sp³-hybridized carbons (Fsp3) is 0.500. The van der Waals surface area contributed by atoms with Gasteiger partial charge in [-0.2, -0.15) is 5.26 Å². The summed E-state index contributed by atoms with van der Waals surface area (Å²) in [6.07, 6.45) is 4.34. The van der Waals surface area contributed by atoms with E-state index in [1.807, 2.05) is 6.07 Å². The zero-order valence-corrected chi connectivity index (χ0v) is 11.6. The van der Waals surface area contributed by atoms with Crippen molar-refractivity contribution in [1.82, 2.24) is 0 Å². The number of hydrogen-bond acceptors (Lipinski definition) is 2. The molecule has 1 atom stereocenters. The summed E-state index contributed by atoms with van der Waals surface area (Å²) in [5.74, 6) is 0.0837. The van der Waals surface area contributed by atoms with E-state index in [4.69, 9.17) is 5.26 Å². The first kappa shape index (κ1) is 13.6. The van der Waals surface area contributed by atoms with E-state index in [0.29, 0.717) is 11.3 Å². The van der Waals surface area contributed by atoms with Gasteiger partial charge in [-0.1, -0.05) is 38.8 Å². The monoisotopic (exact) mass is 256 g/mol. The van der Waals surface area contributed by atoms with Crippen molar-refractivity contribution in [3.8, 4) is 6.07 Å². The van der Waals surface area contributed by atoms with Crippen LogP contribution in [-0.4, -0.2) is 5.91 Å². The van der Waals surface area contributed by atoms with Crippen molar-refractivity contribution in [2.45, 2.75) is 39.5 Å². The number of para-hydroxylation sites is 1. The molecule has 1 unspecified atom stereocenters. The summed E-state index contributed by atoms with van der Waals surface area (Å²) in [5.41, 5.74) is 1.19. The Labute approximate surface area is 114 Å². The molecular weight excluding hydrogens is 236 g/mol. The molecule has 100 valence electrons. The van der Waals surface area contributed by atoms with E-state index < -0.39 is 0 Å². The Kier molecular flexibility index (Phi) is 3.90. The van der Waals surface area contributed by atoms with Crippen LogP contribution in [0.1, 0.15) is 45.1 Å². The molecule has 1 aromatic carbocycles. The second-order valence-corrected chi connectivity index (χ2v) is 5.93. The topological polar surface area (TPSA) is 52.9 Å². The lowest BCUT2D eigenvalue weighted by atomic mass is 9.68. The molecule has 1 aromatic rings. The van der Waals surface area contributed by atoms with Gasteiger partial charge in [-0.05, 0) is 30.4 Å². The summed E-state index contributed by atoms with van der Waals surface area (Å²) < 4.78 is 0. The number of carbonyl (C=O) groups excluding carboxylic acids is 1. The Bertz CT molecular complexity index is 514. The van der Waals surface area contributed by atoms with E-state index >= 15 is 0 Å². The minimum Gasteiger partial charge on any atom is -0.325 e. The maximum absolute atomic E-state index is 12.4. The van der Waals surface area contributed by atoms with E-state index in [-0.39, 0.29) is 17.2 Å². The molecule has 0 spiro atoms. The normalized spacial score (nSPS) is 21.4. The van der Waals surface area contributed by atoms with Gasteiger partial charge < -0.3 is 5.32 Å². The summed E-state index contributed by atoms with van der Waals surface area (Å²) in [5, 5.41) is 12.0. The second-order valence-electron chi connectivity index (χ2n) is 5.93. The van der Waals surface area contributed by atoms with E-state index in [2.05, 4.69) is 25.2 Å². The highest BCUT2D eigenvalue weighted by molar-refractivity contribution is 5.94. The number of rotatable bonds is 2. The average Bonchev–Trinajstić information content (AvgIpc) is 2.38. The van der Waals surface area contributed by atoms with Gasteiger partial charge in [-0.3, -0.25) is 4.79 Å². The highest BCUT2D eigenvalue weighted by atomic mass is 16.1. The third-order valence-electron chi connectivity index (χ3n) is 4.13. The van der Waals surface area contributed by atoms with Crippen LogP contribution in [0.15, 0.2) is 24.3 Å². The molecule has 1 amide bonds. The molecule has 3 heteroatoms. The van der Waals surface area contributed by atoms with Crippen molar-refractivity contribution in [2.24, 2.45) is 11.3 Å². The molecule has 0 radical (unpaired) electrons. The number of nitriles is 1. The zero-order chi connectivity index (χ0) is 13.9. The summed E-state index contributed by atoms with van der Waals surface area (Å²) in [7, 11) is 0. The fourth-order valence-corrected chi connectivity index (χ4v) is 2.89. The van der Waals surface area contributed by atoms with Crippen LogP contribution in [0.4, 0.5) is 5.69 Å². The van der Waals surface area contributed by atoms with Crippen molar-refractivity contribution in [1.29, 1.82) is 5.26 Å². The SMILES string of the molecule is CC1(C)CCCCC1C(=O)Nc1ccccc1C#N. The number of anilines is 1. The number of amides is 1. The van der Waals surface area contributed by atoms with Gasteiger partial charge in [-0.25, -0.2) is 0 Å². The number of carbonyl (C=O) groups is 1. The van der Waals surface area contributed by atoms with E-state index in [9.17, 15) is 4.79 Å². The Morgan fingerprint density at radius 3 is 2.79 bits per heavy atom. The predicted octanol–water partition coefficient (Wildman–Crippen LogP) is 3.71. The zero-order valence-electron chi connectivity index (χ0n) is 11.6. The van der Waals surface area contributed by atoms with Gasteiger partial charge in [0.1, 0.15) is 6.07 Å². The van der Waals surface area contributed by atoms with Crippen LogP contribution in [0.5, 0.6) is 0 Å². The maximum Gasteiger partial charge on any atom is 0.228 e. The highest BCUT2D eigenvalue weighted by Crippen LogP contribution is 2.41. The van der Waals surface area contributed by atoms with Crippen LogP contribution in [0.25, 0.3) is 0 Å². The lowest BCUT2D eigenvalue weighted by Gasteiger charge is -2.37. The van der Waals surface area contributed by atoms with Crippen molar-refractivity contribution in [2.75, 3.05) is 5.32 Å². The largest absolute Gasteiger partial charge is 0.325 e. The Hall–Kier alpha value is -1.82. The van der Waals surface area contributed by atoms with Crippen molar-refractivity contribution < 1.29 is 4.79 Å². The van der Waals surface area contributed by atoms with Gasteiger partial charge in [0.2, 0.25) is 5.91 Å². The van der Waals surface area contributed by atoms with Crippen LogP contribution in [0.2, 0.25) is 0 Å². The highest BCUT2D eigenvalue weighted by Gasteiger charge is 2.37. The molecule has 0 heterocycles. The summed E-state index contributed by atoms with van der Waals surface area (Å²) >= 11 is 0. The third-order valence-corrected chi connectivity index (χ3v) is 4.13. The summed E-state index contributed by atoms with van der Waals surface area (Å²) in [6.45, 7) is 4.32. The smallest absolute Gasteiger partial charge is 0.228 e. The molecule has 3 nitrogen and oxygen atoms in total. The van der Waals surface area contributed by atoms with E-state index in [1.165, 1.54) is 6.42 Å². The van der Waals surface area contributed by atoms with Gasteiger partial charge >= 0.3 is 0 Å². The summed E-state index contributed by atoms with van der Waals surface area (Å²) in [6, 6.07) is 9.26. The van der Waals surface area contributed by atoms with Crippen LogP contribution >= 0.6 is 0 Å². The minimum absolute atomic E-state index is 0.0352. The Balaban J connectivity index is 2.15. The second kappa shape index (κ2) is 5.44. The molecule has 0 aliphatic heterocycles. The van der Waals surface area contributed by atoms with Crippen molar-refractivity contribution >= 4 is 11.6 Å². The van der Waals surface area contributed by atoms with Gasteiger partial charge in [0.25, 0.3) is 0 Å². The molecule has 0 bridgehead atoms. The van der Waals surface area contributed by atoms with Crippen LogP contribution in [0.3, 0.4) is 0 Å². The van der Waals surface area contributed by atoms with E-state index in [1.54, 1.807) is 18.2 Å². The molecule has 0 saturated heterocycles. The van der Waals surface area contributed by atoms with Gasteiger partial charge in [0.15, 0.2) is 0 Å². The number of nitrogens with zero attached hydrogens (tertiary/aromatic N) is 1. The first-order valence-electron chi connectivity index (χ1n) is 6.84. The number of benzene rings is 1. The van der Waals surface area contributed by atoms with Crippen LogP contribution in [-0.2, 0) is 4.79 Å². The molecule has 19 heavy (non-hydrogen) atoms. The molecule has 1 aliphatic rings. The molecule has 1 N–H and O–H groups in total.